The van der Waals surface area contributed by atoms with Crippen molar-refractivity contribution in [3.8, 4) is 0 Å². The van der Waals surface area contributed by atoms with Crippen LogP contribution in [0.25, 0.3) is 0 Å². The Labute approximate surface area is 145 Å². The Morgan fingerprint density at radius 2 is 1.62 bits per heavy atom. The topological polar surface area (TPSA) is 87.5 Å². The first-order valence-electron chi connectivity index (χ1n) is 9.71. The van der Waals surface area contributed by atoms with Crippen LogP contribution in [0.1, 0.15) is 12.8 Å². The summed E-state index contributed by atoms with van der Waals surface area (Å²) < 4.78 is 0. The zero-order valence-electron chi connectivity index (χ0n) is 14.7. The van der Waals surface area contributed by atoms with Crippen molar-refractivity contribution in [2.24, 2.45) is 0 Å². The van der Waals surface area contributed by atoms with Crippen LogP contribution < -0.4 is 37.2 Å². The van der Waals surface area contributed by atoms with Gasteiger partial charge in [-0.15, -0.1) is 0 Å². The predicted molar refractivity (Wildman–Crippen MR) is 95.8 cm³/mol. The van der Waals surface area contributed by atoms with Gasteiger partial charge in [-0.25, -0.2) is 0 Å². The fourth-order valence-corrected chi connectivity index (χ4v) is 5.04. The summed E-state index contributed by atoms with van der Waals surface area (Å²) in [5.41, 5.74) is 0.0616. The van der Waals surface area contributed by atoms with Crippen LogP contribution in [0.15, 0.2) is 0 Å². The van der Waals surface area contributed by atoms with Gasteiger partial charge in [0.05, 0.1) is 11.7 Å². The second-order valence-corrected chi connectivity index (χ2v) is 7.52. The fraction of sp³-hybridized carbons (Fsp3) is 1.00. The summed E-state index contributed by atoms with van der Waals surface area (Å²) in [4.78, 5) is 2.79. The van der Waals surface area contributed by atoms with Crippen molar-refractivity contribution in [1.29, 1.82) is 0 Å². The molecule has 0 aromatic heterocycles. The molecule has 4 fully saturated rings. The van der Waals surface area contributed by atoms with Crippen molar-refractivity contribution >= 4 is 0 Å². The highest BCUT2D eigenvalue weighted by Crippen LogP contribution is 2.31. The molecule has 0 aliphatic carbocycles. The van der Waals surface area contributed by atoms with E-state index in [1.165, 1.54) is 12.8 Å². The number of nitrogens with zero attached hydrogens (tertiary/aromatic N) is 1. The third kappa shape index (κ3) is 3.22. The minimum atomic E-state index is 0.0616. The summed E-state index contributed by atoms with van der Waals surface area (Å²) in [6.45, 7) is 10.5. The Hall–Kier alpha value is -0.320. The maximum atomic E-state index is 3.80. The maximum Gasteiger partial charge on any atom is 0.0790 e. The molecule has 0 bridgehead atoms. The fourth-order valence-electron chi connectivity index (χ4n) is 5.04. The molecule has 24 heavy (non-hydrogen) atoms. The molecular weight excluding hydrogens is 304 g/mol. The van der Waals surface area contributed by atoms with Gasteiger partial charge in [0.25, 0.3) is 0 Å². The lowest BCUT2D eigenvalue weighted by atomic mass is 9.78. The van der Waals surface area contributed by atoms with Crippen molar-refractivity contribution in [1.82, 2.24) is 42.1 Å². The zero-order valence-corrected chi connectivity index (χ0v) is 14.7. The van der Waals surface area contributed by atoms with Gasteiger partial charge in [-0.3, -0.25) is 10.2 Å². The lowest BCUT2D eigenvalue weighted by Gasteiger charge is -2.60. The van der Waals surface area contributed by atoms with Crippen LogP contribution in [0.3, 0.4) is 0 Å². The Morgan fingerprint density at radius 1 is 0.792 bits per heavy atom. The molecule has 138 valence electrons. The molecule has 8 heteroatoms. The monoisotopic (exact) mass is 338 g/mol. The standard InChI is InChI=1S/C16H34N8/c1-3-21-15(22-4-1)16(14-2-5-18-12-23-14)10-17-6-7-24(16)13-8-19-11-20-9-13/h13-15,17-23H,1-12H2. The molecule has 8 nitrogen and oxygen atoms in total. The second-order valence-electron chi connectivity index (χ2n) is 7.52. The molecule has 4 saturated heterocycles. The molecule has 7 N–H and O–H groups in total. The molecule has 2 atom stereocenters. The highest BCUT2D eigenvalue weighted by Gasteiger charge is 2.53. The van der Waals surface area contributed by atoms with E-state index in [9.17, 15) is 0 Å². The molecular formula is C16H34N8. The number of rotatable bonds is 3. The van der Waals surface area contributed by atoms with E-state index in [0.717, 1.165) is 65.7 Å². The van der Waals surface area contributed by atoms with E-state index in [1.807, 2.05) is 0 Å². The number of hydrogen-bond acceptors (Lipinski definition) is 8. The number of nitrogens with one attached hydrogen (secondary N) is 7. The lowest BCUT2D eigenvalue weighted by molar-refractivity contribution is -0.0543. The number of hydrogen-bond donors (Lipinski definition) is 7. The van der Waals surface area contributed by atoms with Crippen molar-refractivity contribution in [2.45, 2.75) is 36.6 Å². The van der Waals surface area contributed by atoms with Crippen LogP contribution >= 0.6 is 0 Å². The SMILES string of the molecule is C1CNC(C2(C3CCNCN3)CNCCN2C2CNCNC2)NC1. The Balaban J connectivity index is 1.64. The van der Waals surface area contributed by atoms with Gasteiger partial charge in [-0.05, 0) is 32.5 Å². The average molecular weight is 339 g/mol. The summed E-state index contributed by atoms with van der Waals surface area (Å²) in [6.07, 6.45) is 2.72. The predicted octanol–water partition coefficient (Wildman–Crippen LogP) is -3.03. The van der Waals surface area contributed by atoms with Crippen molar-refractivity contribution in [3.05, 3.63) is 0 Å². The van der Waals surface area contributed by atoms with Gasteiger partial charge in [0.2, 0.25) is 0 Å². The molecule has 4 rings (SSSR count). The molecule has 0 aromatic carbocycles. The van der Waals surface area contributed by atoms with Crippen LogP contribution in [-0.4, -0.2) is 94.4 Å². The first-order chi connectivity index (χ1) is 11.9. The van der Waals surface area contributed by atoms with Crippen LogP contribution in [0.4, 0.5) is 0 Å². The summed E-state index contributed by atoms with van der Waals surface area (Å²) in [7, 11) is 0. The largest absolute Gasteiger partial charge is 0.313 e. The smallest absolute Gasteiger partial charge is 0.0790 e. The van der Waals surface area contributed by atoms with Gasteiger partial charge in [-0.1, -0.05) is 0 Å². The van der Waals surface area contributed by atoms with Crippen molar-refractivity contribution in [2.75, 3.05) is 65.7 Å². The van der Waals surface area contributed by atoms with Gasteiger partial charge >= 0.3 is 0 Å². The minimum Gasteiger partial charge on any atom is -0.313 e. The first kappa shape index (κ1) is 17.1. The second kappa shape index (κ2) is 7.92. The Kier molecular flexibility index (Phi) is 5.65. The normalized spacial score (nSPS) is 38.2. The average Bonchev–Trinajstić information content (AvgIpc) is 2.70. The van der Waals surface area contributed by atoms with Crippen molar-refractivity contribution in [3.63, 3.8) is 0 Å². The third-order valence-electron chi connectivity index (χ3n) is 6.16. The molecule has 0 amide bonds. The zero-order chi connectivity index (χ0) is 16.2. The van der Waals surface area contributed by atoms with E-state index in [1.54, 1.807) is 0 Å². The molecule has 0 radical (unpaired) electrons. The highest BCUT2D eigenvalue weighted by atomic mass is 15.4. The van der Waals surface area contributed by atoms with Crippen LogP contribution in [0.2, 0.25) is 0 Å². The van der Waals surface area contributed by atoms with E-state index in [4.69, 9.17) is 0 Å². The molecule has 4 heterocycles. The molecule has 0 saturated carbocycles. The highest BCUT2D eigenvalue weighted by molar-refractivity contribution is 5.13. The quantitative estimate of drug-likeness (QED) is 0.293. The third-order valence-corrected chi connectivity index (χ3v) is 6.16. The van der Waals surface area contributed by atoms with Gasteiger partial charge in [0.15, 0.2) is 0 Å². The van der Waals surface area contributed by atoms with Crippen LogP contribution in [0, 0.1) is 0 Å². The van der Waals surface area contributed by atoms with E-state index in [0.29, 0.717) is 18.2 Å². The van der Waals surface area contributed by atoms with Crippen molar-refractivity contribution < 1.29 is 0 Å². The molecule has 4 aliphatic rings. The Morgan fingerprint density at radius 3 is 2.38 bits per heavy atom. The van der Waals surface area contributed by atoms with E-state index in [-0.39, 0.29) is 5.54 Å². The molecule has 0 aromatic rings. The van der Waals surface area contributed by atoms with E-state index >= 15 is 0 Å². The lowest BCUT2D eigenvalue weighted by Crippen LogP contribution is -2.83. The summed E-state index contributed by atoms with van der Waals surface area (Å²) in [6, 6.07) is 1.03. The van der Waals surface area contributed by atoms with E-state index in [2.05, 4.69) is 42.1 Å². The van der Waals surface area contributed by atoms with Gasteiger partial charge < -0.3 is 31.9 Å². The molecule has 2 unspecified atom stereocenters. The van der Waals surface area contributed by atoms with Crippen LogP contribution in [-0.2, 0) is 0 Å². The summed E-state index contributed by atoms with van der Waals surface area (Å²) >= 11 is 0. The first-order valence-corrected chi connectivity index (χ1v) is 9.71. The number of piperazine rings is 1. The van der Waals surface area contributed by atoms with Crippen LogP contribution in [0.5, 0.6) is 0 Å². The van der Waals surface area contributed by atoms with E-state index < -0.39 is 0 Å². The summed E-state index contributed by atoms with van der Waals surface area (Å²) in [5, 5.41) is 25.6. The Bertz CT molecular complexity index is 370. The molecule has 4 aliphatic heterocycles. The van der Waals surface area contributed by atoms with Gasteiger partial charge in [-0.2, -0.15) is 0 Å². The molecule has 0 spiro atoms. The maximum absolute atomic E-state index is 3.80. The summed E-state index contributed by atoms with van der Waals surface area (Å²) in [5.74, 6) is 0. The minimum absolute atomic E-state index is 0.0616. The van der Waals surface area contributed by atoms with Gasteiger partial charge in [0.1, 0.15) is 0 Å². The van der Waals surface area contributed by atoms with Gasteiger partial charge in [0, 0.05) is 58.1 Å².